The van der Waals surface area contributed by atoms with Gasteiger partial charge in [0.15, 0.2) is 0 Å². The van der Waals surface area contributed by atoms with Crippen molar-refractivity contribution in [1.82, 2.24) is 10.3 Å². The Kier molecular flexibility index (Phi) is 4.18. The van der Waals surface area contributed by atoms with Crippen LogP contribution in [0.15, 0.2) is 34.7 Å². The van der Waals surface area contributed by atoms with E-state index in [1.807, 2.05) is 37.3 Å². The Hall–Kier alpha value is -2.30. The number of carbonyl (C=O) groups excluding carboxylic acids is 1. The molecule has 19 heavy (non-hydrogen) atoms. The molecular weight excluding hydrogens is 244 g/mol. The number of oxazole rings is 1. The van der Waals surface area contributed by atoms with E-state index in [9.17, 15) is 4.79 Å². The summed E-state index contributed by atoms with van der Waals surface area (Å²) in [6.45, 7) is 2.33. The lowest BCUT2D eigenvalue weighted by atomic mass is 10.2. The molecule has 0 saturated heterocycles. The number of aromatic nitrogens is 1. The number of carbonyl (C=O) groups is 1. The van der Waals surface area contributed by atoms with Gasteiger partial charge >= 0.3 is 6.09 Å². The van der Waals surface area contributed by atoms with Gasteiger partial charge in [-0.3, -0.25) is 0 Å². The van der Waals surface area contributed by atoms with Crippen LogP contribution in [-0.2, 0) is 11.2 Å². The third-order valence-corrected chi connectivity index (χ3v) is 2.73. The number of alkyl carbamates (subject to hydrolysis) is 1. The Balaban J connectivity index is 2.03. The molecule has 0 saturated carbocycles. The zero-order valence-electron chi connectivity index (χ0n) is 11.0. The fourth-order valence-electron chi connectivity index (χ4n) is 1.72. The van der Waals surface area contributed by atoms with Crippen LogP contribution in [0.5, 0.6) is 0 Å². The van der Waals surface area contributed by atoms with E-state index in [4.69, 9.17) is 4.42 Å². The molecule has 0 aliphatic rings. The predicted octanol–water partition coefficient (Wildman–Crippen LogP) is 2.55. The van der Waals surface area contributed by atoms with E-state index in [1.165, 1.54) is 7.11 Å². The SMILES string of the molecule is COC(=O)NCCc1nc(-c2ccccc2)oc1C. The monoisotopic (exact) mass is 260 g/mol. The van der Waals surface area contributed by atoms with E-state index in [0.29, 0.717) is 18.9 Å². The zero-order valence-corrected chi connectivity index (χ0v) is 11.0. The van der Waals surface area contributed by atoms with E-state index < -0.39 is 6.09 Å². The molecule has 1 aromatic carbocycles. The van der Waals surface area contributed by atoms with Gasteiger partial charge in [-0.1, -0.05) is 18.2 Å². The van der Waals surface area contributed by atoms with Crippen molar-refractivity contribution in [2.75, 3.05) is 13.7 Å². The summed E-state index contributed by atoms with van der Waals surface area (Å²) in [4.78, 5) is 15.4. The average Bonchev–Trinajstić information content (AvgIpc) is 2.81. The van der Waals surface area contributed by atoms with Crippen LogP contribution in [0, 0.1) is 6.92 Å². The summed E-state index contributed by atoms with van der Waals surface area (Å²) in [6.07, 6.45) is 0.168. The molecule has 0 bridgehead atoms. The van der Waals surface area contributed by atoms with Crippen molar-refractivity contribution in [2.45, 2.75) is 13.3 Å². The molecule has 1 N–H and O–H groups in total. The molecule has 0 radical (unpaired) electrons. The Labute approximate surface area is 111 Å². The highest BCUT2D eigenvalue weighted by molar-refractivity contribution is 5.66. The van der Waals surface area contributed by atoms with Crippen molar-refractivity contribution >= 4 is 6.09 Å². The van der Waals surface area contributed by atoms with Crippen LogP contribution in [0.25, 0.3) is 11.5 Å². The van der Waals surface area contributed by atoms with Crippen molar-refractivity contribution < 1.29 is 13.9 Å². The Morgan fingerprint density at radius 3 is 2.79 bits per heavy atom. The Morgan fingerprint density at radius 2 is 2.11 bits per heavy atom. The third-order valence-electron chi connectivity index (χ3n) is 2.73. The second-order valence-corrected chi connectivity index (χ2v) is 4.06. The second kappa shape index (κ2) is 6.04. The molecule has 0 fully saturated rings. The number of rotatable bonds is 4. The maximum Gasteiger partial charge on any atom is 0.406 e. The third kappa shape index (κ3) is 3.34. The molecule has 5 nitrogen and oxygen atoms in total. The molecule has 5 heteroatoms. The topological polar surface area (TPSA) is 64.4 Å². The van der Waals surface area contributed by atoms with E-state index in [-0.39, 0.29) is 0 Å². The molecule has 2 rings (SSSR count). The minimum absolute atomic E-state index is 0.440. The highest BCUT2D eigenvalue weighted by Crippen LogP contribution is 2.21. The number of aryl methyl sites for hydroxylation is 1. The molecule has 1 aromatic heterocycles. The van der Waals surface area contributed by atoms with E-state index in [2.05, 4.69) is 15.0 Å². The summed E-state index contributed by atoms with van der Waals surface area (Å²) in [5.41, 5.74) is 1.79. The van der Waals surface area contributed by atoms with Gasteiger partial charge in [0.05, 0.1) is 12.8 Å². The first-order valence-electron chi connectivity index (χ1n) is 6.04. The molecular formula is C14H16N2O3. The maximum absolute atomic E-state index is 10.9. The van der Waals surface area contributed by atoms with Gasteiger partial charge < -0.3 is 14.5 Å². The van der Waals surface area contributed by atoms with Gasteiger partial charge in [-0.2, -0.15) is 0 Å². The largest absolute Gasteiger partial charge is 0.453 e. The molecule has 1 heterocycles. The van der Waals surface area contributed by atoms with Crippen LogP contribution < -0.4 is 5.32 Å². The number of ether oxygens (including phenoxy) is 1. The summed E-state index contributed by atoms with van der Waals surface area (Å²) in [7, 11) is 1.34. The lowest BCUT2D eigenvalue weighted by Gasteiger charge is -2.01. The van der Waals surface area contributed by atoms with Crippen molar-refractivity contribution in [3.05, 3.63) is 41.8 Å². The number of nitrogens with one attached hydrogen (secondary N) is 1. The molecule has 0 unspecified atom stereocenters. The minimum Gasteiger partial charge on any atom is -0.453 e. The van der Waals surface area contributed by atoms with Crippen molar-refractivity contribution in [3.63, 3.8) is 0 Å². The number of amides is 1. The number of methoxy groups -OCH3 is 1. The van der Waals surface area contributed by atoms with Crippen LogP contribution in [-0.4, -0.2) is 24.7 Å². The summed E-state index contributed by atoms with van der Waals surface area (Å²) in [5, 5.41) is 2.61. The smallest absolute Gasteiger partial charge is 0.406 e. The van der Waals surface area contributed by atoms with E-state index in [0.717, 1.165) is 17.0 Å². The van der Waals surface area contributed by atoms with Crippen LogP contribution in [0.4, 0.5) is 4.79 Å². The fourth-order valence-corrected chi connectivity index (χ4v) is 1.72. The first-order chi connectivity index (χ1) is 9.20. The molecule has 0 aliphatic carbocycles. The summed E-state index contributed by atoms with van der Waals surface area (Å²) >= 11 is 0. The lowest BCUT2D eigenvalue weighted by molar-refractivity contribution is 0.171. The summed E-state index contributed by atoms with van der Waals surface area (Å²) < 4.78 is 10.1. The molecule has 2 aromatic rings. The van der Waals surface area contributed by atoms with Gasteiger partial charge in [-0.15, -0.1) is 0 Å². The highest BCUT2D eigenvalue weighted by Gasteiger charge is 2.11. The van der Waals surface area contributed by atoms with Crippen LogP contribution in [0.1, 0.15) is 11.5 Å². The van der Waals surface area contributed by atoms with Crippen molar-refractivity contribution in [2.24, 2.45) is 0 Å². The maximum atomic E-state index is 10.9. The van der Waals surface area contributed by atoms with E-state index in [1.54, 1.807) is 0 Å². The van der Waals surface area contributed by atoms with Gasteiger partial charge in [0.2, 0.25) is 5.89 Å². The Bertz CT molecular complexity index is 549. The van der Waals surface area contributed by atoms with Gasteiger partial charge in [-0.25, -0.2) is 9.78 Å². The standard InChI is InChI=1S/C14H16N2O3/c1-10-12(8-9-15-14(17)18-2)16-13(19-10)11-6-4-3-5-7-11/h3-7H,8-9H2,1-2H3,(H,15,17). The molecule has 0 spiro atoms. The number of hydrogen-bond donors (Lipinski definition) is 1. The van der Waals surface area contributed by atoms with Crippen LogP contribution >= 0.6 is 0 Å². The summed E-state index contributed by atoms with van der Waals surface area (Å²) in [5.74, 6) is 1.37. The highest BCUT2D eigenvalue weighted by atomic mass is 16.5. The average molecular weight is 260 g/mol. The van der Waals surface area contributed by atoms with Gasteiger partial charge in [0.25, 0.3) is 0 Å². The van der Waals surface area contributed by atoms with Crippen LogP contribution in [0.3, 0.4) is 0 Å². The van der Waals surface area contributed by atoms with Gasteiger partial charge in [-0.05, 0) is 19.1 Å². The summed E-state index contributed by atoms with van der Waals surface area (Å²) in [6, 6.07) is 9.71. The normalized spacial score (nSPS) is 10.2. The number of benzene rings is 1. The minimum atomic E-state index is -0.440. The second-order valence-electron chi connectivity index (χ2n) is 4.06. The fraction of sp³-hybridized carbons (Fsp3) is 0.286. The molecule has 1 amide bonds. The molecule has 0 atom stereocenters. The van der Waals surface area contributed by atoms with E-state index >= 15 is 0 Å². The van der Waals surface area contributed by atoms with Crippen molar-refractivity contribution in [3.8, 4) is 11.5 Å². The first-order valence-corrected chi connectivity index (χ1v) is 6.04. The lowest BCUT2D eigenvalue weighted by Crippen LogP contribution is -2.25. The van der Waals surface area contributed by atoms with Crippen molar-refractivity contribution in [1.29, 1.82) is 0 Å². The van der Waals surface area contributed by atoms with Gasteiger partial charge in [0, 0.05) is 18.5 Å². The predicted molar refractivity (Wildman–Crippen MR) is 70.8 cm³/mol. The Morgan fingerprint density at radius 1 is 1.37 bits per heavy atom. The molecule has 0 aliphatic heterocycles. The number of nitrogens with zero attached hydrogens (tertiary/aromatic N) is 1. The van der Waals surface area contributed by atoms with Crippen LogP contribution in [0.2, 0.25) is 0 Å². The van der Waals surface area contributed by atoms with Gasteiger partial charge in [0.1, 0.15) is 5.76 Å². The zero-order chi connectivity index (χ0) is 13.7. The first kappa shape index (κ1) is 13.1. The quantitative estimate of drug-likeness (QED) is 0.917. The molecule has 100 valence electrons. The number of hydrogen-bond acceptors (Lipinski definition) is 4.